The number of amides is 3. The van der Waals surface area contributed by atoms with Gasteiger partial charge in [-0.25, -0.2) is 9.69 Å². The van der Waals surface area contributed by atoms with Crippen molar-refractivity contribution in [1.82, 2.24) is 19.6 Å². The van der Waals surface area contributed by atoms with Crippen LogP contribution in [0.2, 0.25) is 0 Å². The van der Waals surface area contributed by atoms with Gasteiger partial charge in [0.15, 0.2) is 0 Å². The first-order valence-electron chi connectivity index (χ1n) is 11.6. The maximum Gasteiger partial charge on any atom is 0.329 e. The second-order valence-electron chi connectivity index (χ2n) is 9.17. The summed E-state index contributed by atoms with van der Waals surface area (Å²) in [7, 11) is 0. The number of unbranched alkanes of at least 4 members (excludes halogenated alkanes) is 5. The predicted octanol–water partition coefficient (Wildman–Crippen LogP) is 3.87. The Balaban J connectivity index is 1.65. The highest BCUT2D eigenvalue weighted by molar-refractivity contribution is 6.06. The van der Waals surface area contributed by atoms with Gasteiger partial charge in [0, 0.05) is 0 Å². The molecule has 28 heavy (non-hydrogen) atoms. The first-order chi connectivity index (χ1) is 13.6. The SMILES string of the molecule is CCCCCCCCC1(C)C(=O)N(CN2CCCC2)C(=O)N1CN1CCCC1. The second-order valence-corrected chi connectivity index (χ2v) is 9.17. The number of hydrogen-bond donors (Lipinski definition) is 0. The highest BCUT2D eigenvalue weighted by Crippen LogP contribution is 2.34. The van der Waals surface area contributed by atoms with E-state index in [4.69, 9.17) is 0 Å². The molecule has 0 aromatic rings. The molecular weight excluding hydrogens is 352 g/mol. The molecule has 3 amide bonds. The fourth-order valence-corrected chi connectivity index (χ4v) is 4.93. The van der Waals surface area contributed by atoms with Gasteiger partial charge in [-0.05, 0) is 65.2 Å². The number of likely N-dealkylation sites (tertiary alicyclic amines) is 2. The van der Waals surface area contributed by atoms with Gasteiger partial charge in [0.1, 0.15) is 5.54 Å². The van der Waals surface area contributed by atoms with E-state index in [1.54, 1.807) is 4.90 Å². The lowest BCUT2D eigenvalue weighted by molar-refractivity contribution is -0.134. The van der Waals surface area contributed by atoms with Crippen molar-refractivity contribution in [2.45, 2.75) is 90.0 Å². The number of rotatable bonds is 11. The van der Waals surface area contributed by atoms with Gasteiger partial charge in [0.25, 0.3) is 5.91 Å². The molecule has 0 aliphatic carbocycles. The summed E-state index contributed by atoms with van der Waals surface area (Å²) < 4.78 is 0. The van der Waals surface area contributed by atoms with Gasteiger partial charge in [-0.15, -0.1) is 0 Å². The minimum atomic E-state index is -0.676. The first kappa shape index (κ1) is 21.6. The highest BCUT2D eigenvalue weighted by atomic mass is 16.2. The molecule has 3 heterocycles. The van der Waals surface area contributed by atoms with Crippen LogP contribution >= 0.6 is 0 Å². The van der Waals surface area contributed by atoms with Crippen LogP contribution in [0.15, 0.2) is 0 Å². The van der Waals surface area contributed by atoms with Crippen molar-refractivity contribution >= 4 is 11.9 Å². The Kier molecular flexibility index (Phi) is 7.75. The quantitative estimate of drug-likeness (QED) is 0.396. The summed E-state index contributed by atoms with van der Waals surface area (Å²) in [6.45, 7) is 9.39. The molecule has 1 unspecified atom stereocenters. The van der Waals surface area contributed by atoms with Crippen molar-refractivity contribution in [3.63, 3.8) is 0 Å². The molecule has 1 atom stereocenters. The number of imide groups is 1. The summed E-state index contributed by atoms with van der Waals surface area (Å²) in [6.07, 6.45) is 12.7. The molecule has 3 aliphatic heterocycles. The Bertz CT molecular complexity index is 529. The van der Waals surface area contributed by atoms with Gasteiger partial charge in [0.2, 0.25) is 0 Å². The van der Waals surface area contributed by atoms with Gasteiger partial charge in [-0.2, -0.15) is 0 Å². The van der Waals surface area contributed by atoms with E-state index in [0.29, 0.717) is 13.3 Å². The van der Waals surface area contributed by atoms with Gasteiger partial charge in [-0.3, -0.25) is 19.5 Å². The molecule has 0 spiro atoms. The summed E-state index contributed by atoms with van der Waals surface area (Å²) >= 11 is 0. The molecule has 0 bridgehead atoms. The Morgan fingerprint density at radius 3 is 1.93 bits per heavy atom. The Hall–Kier alpha value is -1.14. The fourth-order valence-electron chi connectivity index (χ4n) is 4.93. The Morgan fingerprint density at radius 1 is 0.786 bits per heavy atom. The molecule has 3 fully saturated rings. The zero-order valence-electron chi connectivity index (χ0n) is 18.1. The molecule has 6 nitrogen and oxygen atoms in total. The van der Waals surface area contributed by atoms with Crippen molar-refractivity contribution in [2.24, 2.45) is 0 Å². The summed E-state index contributed by atoms with van der Waals surface area (Å²) in [5.41, 5.74) is -0.676. The van der Waals surface area contributed by atoms with Crippen LogP contribution in [-0.4, -0.2) is 76.6 Å². The van der Waals surface area contributed by atoms with E-state index in [-0.39, 0.29) is 11.9 Å². The van der Waals surface area contributed by atoms with Gasteiger partial charge >= 0.3 is 6.03 Å². The third-order valence-electron chi connectivity index (χ3n) is 6.86. The van der Waals surface area contributed by atoms with E-state index in [2.05, 4.69) is 16.7 Å². The summed E-state index contributed by atoms with van der Waals surface area (Å²) in [4.78, 5) is 34.7. The van der Waals surface area contributed by atoms with Crippen LogP contribution in [0, 0.1) is 0 Å². The molecule has 3 saturated heterocycles. The van der Waals surface area contributed by atoms with Gasteiger partial charge in [-0.1, -0.05) is 45.4 Å². The van der Waals surface area contributed by atoms with Crippen LogP contribution < -0.4 is 0 Å². The maximum atomic E-state index is 13.4. The summed E-state index contributed by atoms with van der Waals surface area (Å²) in [5.74, 6) is 0.0251. The van der Waals surface area contributed by atoms with Crippen molar-refractivity contribution in [3.8, 4) is 0 Å². The van der Waals surface area contributed by atoms with Crippen molar-refractivity contribution in [2.75, 3.05) is 39.5 Å². The Morgan fingerprint density at radius 2 is 1.32 bits per heavy atom. The number of urea groups is 1. The van der Waals surface area contributed by atoms with Crippen LogP contribution in [0.3, 0.4) is 0 Å². The third-order valence-corrected chi connectivity index (χ3v) is 6.86. The molecule has 6 heteroatoms. The average molecular weight is 393 g/mol. The lowest BCUT2D eigenvalue weighted by atomic mass is 9.92. The number of nitrogens with zero attached hydrogens (tertiary/aromatic N) is 4. The molecule has 0 aromatic carbocycles. The second kappa shape index (κ2) is 10.1. The standard InChI is InChI=1S/C22H40N4O2/c1-3-4-5-6-7-8-13-22(2)20(27)25(18-23-14-9-10-15-23)21(28)26(22)19-24-16-11-12-17-24/h3-19H2,1-2H3. The molecule has 0 radical (unpaired) electrons. The van der Waals surface area contributed by atoms with Crippen molar-refractivity contribution < 1.29 is 9.59 Å². The van der Waals surface area contributed by atoms with Crippen LogP contribution in [0.4, 0.5) is 4.79 Å². The number of hydrogen-bond acceptors (Lipinski definition) is 4. The predicted molar refractivity (Wildman–Crippen MR) is 112 cm³/mol. The zero-order valence-corrected chi connectivity index (χ0v) is 18.1. The van der Waals surface area contributed by atoms with Gasteiger partial charge in [0.05, 0.1) is 13.3 Å². The maximum absolute atomic E-state index is 13.4. The fraction of sp³-hybridized carbons (Fsp3) is 0.909. The molecule has 3 rings (SSSR count). The van der Waals surface area contributed by atoms with Gasteiger partial charge < -0.3 is 0 Å². The van der Waals surface area contributed by atoms with Crippen LogP contribution in [0.25, 0.3) is 0 Å². The highest BCUT2D eigenvalue weighted by Gasteiger charge is 2.54. The monoisotopic (exact) mass is 392 g/mol. The number of carbonyl (C=O) groups is 2. The smallest absolute Gasteiger partial charge is 0.297 e. The summed E-state index contributed by atoms with van der Waals surface area (Å²) in [5, 5.41) is 0. The molecule has 0 N–H and O–H groups in total. The first-order valence-corrected chi connectivity index (χ1v) is 11.6. The largest absolute Gasteiger partial charge is 0.329 e. The van der Waals surface area contributed by atoms with Crippen LogP contribution in [0.5, 0.6) is 0 Å². The topological polar surface area (TPSA) is 47.1 Å². The van der Waals surface area contributed by atoms with E-state index in [1.165, 1.54) is 51.4 Å². The lowest BCUT2D eigenvalue weighted by Crippen LogP contribution is -2.51. The van der Waals surface area contributed by atoms with E-state index in [0.717, 1.165) is 45.4 Å². The average Bonchev–Trinajstić information content (AvgIpc) is 3.42. The summed E-state index contributed by atoms with van der Waals surface area (Å²) in [6, 6.07) is -0.0720. The van der Waals surface area contributed by atoms with E-state index in [9.17, 15) is 9.59 Å². The zero-order chi connectivity index (χ0) is 20.0. The molecular formula is C22H40N4O2. The van der Waals surface area contributed by atoms with E-state index < -0.39 is 5.54 Å². The Labute approximate surface area is 171 Å². The van der Waals surface area contributed by atoms with E-state index in [1.807, 2.05) is 11.8 Å². The number of carbonyl (C=O) groups excluding carboxylic acids is 2. The normalized spacial score (nSPS) is 26.9. The third kappa shape index (κ3) is 4.88. The van der Waals surface area contributed by atoms with Crippen LogP contribution in [-0.2, 0) is 4.79 Å². The lowest BCUT2D eigenvalue weighted by Gasteiger charge is -2.34. The molecule has 0 aromatic heterocycles. The van der Waals surface area contributed by atoms with Crippen molar-refractivity contribution in [3.05, 3.63) is 0 Å². The molecule has 160 valence electrons. The van der Waals surface area contributed by atoms with Crippen molar-refractivity contribution in [1.29, 1.82) is 0 Å². The minimum absolute atomic E-state index is 0.0251. The minimum Gasteiger partial charge on any atom is -0.297 e. The van der Waals surface area contributed by atoms with E-state index >= 15 is 0 Å². The molecule has 0 saturated carbocycles. The van der Waals surface area contributed by atoms with Crippen LogP contribution in [0.1, 0.15) is 84.5 Å². The molecule has 3 aliphatic rings.